The van der Waals surface area contributed by atoms with Crippen LogP contribution in [0.25, 0.3) is 0 Å². The van der Waals surface area contributed by atoms with E-state index in [1.807, 2.05) is 30.7 Å². The van der Waals surface area contributed by atoms with Crippen molar-refractivity contribution >= 4 is 11.6 Å². The zero-order chi connectivity index (χ0) is 12.4. The van der Waals surface area contributed by atoms with Crippen molar-refractivity contribution in [1.82, 2.24) is 14.8 Å². The fourth-order valence-electron chi connectivity index (χ4n) is 1.91. The summed E-state index contributed by atoms with van der Waals surface area (Å²) in [6, 6.07) is 3.55. The Bertz CT molecular complexity index is 521. The van der Waals surface area contributed by atoms with Crippen molar-refractivity contribution in [1.29, 1.82) is 0 Å². The molecule has 0 aromatic carbocycles. The second-order valence-electron chi connectivity index (χ2n) is 3.85. The molecule has 2 heterocycles. The molecule has 0 saturated heterocycles. The van der Waals surface area contributed by atoms with Gasteiger partial charge in [0.25, 0.3) is 0 Å². The zero-order valence-corrected chi connectivity index (χ0v) is 10.6. The molecule has 1 atom stereocenters. The molecule has 2 aromatic heterocycles. The first kappa shape index (κ1) is 12.1. The van der Waals surface area contributed by atoms with Gasteiger partial charge in [0.15, 0.2) is 0 Å². The summed E-state index contributed by atoms with van der Waals surface area (Å²) < 4.78 is 1.82. The second kappa shape index (κ2) is 4.85. The second-order valence-corrected chi connectivity index (χ2v) is 4.26. The highest BCUT2D eigenvalue weighted by molar-refractivity contribution is 6.31. The number of hydrogen-bond acceptors (Lipinski definition) is 3. The van der Waals surface area contributed by atoms with Crippen molar-refractivity contribution in [3.05, 3.63) is 46.5 Å². The summed E-state index contributed by atoms with van der Waals surface area (Å²) in [4.78, 5) is 4.24. The summed E-state index contributed by atoms with van der Waals surface area (Å²) >= 11 is 6.14. The minimum absolute atomic E-state index is 0.293. The third-order valence-corrected chi connectivity index (χ3v) is 3.10. The van der Waals surface area contributed by atoms with E-state index in [1.165, 1.54) is 0 Å². The Hall–Kier alpha value is -1.39. The number of aryl methyl sites for hydroxylation is 2. The van der Waals surface area contributed by atoms with Gasteiger partial charge in [-0.05, 0) is 25.5 Å². The van der Waals surface area contributed by atoms with Crippen LogP contribution in [0.1, 0.15) is 29.9 Å². The molecular formula is C12H15ClN4. The van der Waals surface area contributed by atoms with Crippen LogP contribution in [0.3, 0.4) is 0 Å². The van der Waals surface area contributed by atoms with Crippen LogP contribution in [-0.4, -0.2) is 14.8 Å². The maximum atomic E-state index is 6.25. The molecule has 1 unspecified atom stereocenters. The molecule has 0 spiro atoms. The molecule has 4 nitrogen and oxygen atoms in total. The molecule has 2 aromatic rings. The first-order valence-corrected chi connectivity index (χ1v) is 5.91. The summed E-state index contributed by atoms with van der Waals surface area (Å²) in [5.74, 6) is 0. The van der Waals surface area contributed by atoms with Crippen LogP contribution >= 0.6 is 11.6 Å². The average molecular weight is 251 g/mol. The fraction of sp³-hybridized carbons (Fsp3) is 0.333. The Kier molecular flexibility index (Phi) is 3.45. The number of halogens is 1. The highest BCUT2D eigenvalue weighted by Gasteiger charge is 2.19. The Balaban J connectivity index is 2.47. The summed E-state index contributed by atoms with van der Waals surface area (Å²) in [5.41, 5.74) is 8.98. The highest BCUT2D eigenvalue weighted by Crippen LogP contribution is 2.27. The topological polar surface area (TPSA) is 56.7 Å². The standard InChI is InChI=1S/C12H15ClN4/c1-3-17-12(10(13)7-16-17)11(14)9-5-4-6-15-8(9)2/h4-7,11H,3,14H2,1-2H3. The highest BCUT2D eigenvalue weighted by atomic mass is 35.5. The van der Waals surface area contributed by atoms with E-state index in [0.717, 1.165) is 23.5 Å². The summed E-state index contributed by atoms with van der Waals surface area (Å²) in [6.07, 6.45) is 3.39. The van der Waals surface area contributed by atoms with E-state index in [1.54, 1.807) is 12.4 Å². The van der Waals surface area contributed by atoms with Crippen molar-refractivity contribution in [2.24, 2.45) is 5.73 Å². The van der Waals surface area contributed by atoms with E-state index in [9.17, 15) is 0 Å². The van der Waals surface area contributed by atoms with E-state index >= 15 is 0 Å². The number of rotatable bonds is 3. The number of nitrogens with zero attached hydrogens (tertiary/aromatic N) is 3. The van der Waals surface area contributed by atoms with Gasteiger partial charge >= 0.3 is 0 Å². The number of hydrogen-bond donors (Lipinski definition) is 1. The molecule has 0 aliphatic carbocycles. The van der Waals surface area contributed by atoms with Gasteiger partial charge in [-0.3, -0.25) is 9.67 Å². The van der Waals surface area contributed by atoms with Gasteiger partial charge in [-0.25, -0.2) is 0 Å². The van der Waals surface area contributed by atoms with Gasteiger partial charge in [-0.15, -0.1) is 0 Å². The van der Waals surface area contributed by atoms with Crippen LogP contribution in [-0.2, 0) is 6.54 Å². The van der Waals surface area contributed by atoms with Crippen LogP contribution in [0, 0.1) is 6.92 Å². The molecule has 0 bridgehead atoms. The smallest absolute Gasteiger partial charge is 0.0837 e. The fourth-order valence-corrected chi connectivity index (χ4v) is 2.16. The van der Waals surface area contributed by atoms with Crippen LogP contribution in [0.2, 0.25) is 5.02 Å². The molecule has 0 amide bonds. The molecular weight excluding hydrogens is 236 g/mol. The van der Waals surface area contributed by atoms with Crippen molar-refractivity contribution in [2.45, 2.75) is 26.4 Å². The molecule has 0 saturated carbocycles. The summed E-state index contributed by atoms with van der Waals surface area (Å²) in [5, 5.41) is 4.79. The lowest BCUT2D eigenvalue weighted by Crippen LogP contribution is -2.19. The normalized spacial score (nSPS) is 12.7. The predicted molar refractivity (Wildman–Crippen MR) is 67.9 cm³/mol. The number of aromatic nitrogens is 3. The minimum Gasteiger partial charge on any atom is -0.319 e. The predicted octanol–water partition coefficient (Wildman–Crippen LogP) is 2.31. The van der Waals surface area contributed by atoms with Gasteiger partial charge < -0.3 is 5.73 Å². The van der Waals surface area contributed by atoms with Crippen LogP contribution in [0.4, 0.5) is 0 Å². The number of pyridine rings is 1. The average Bonchev–Trinajstić information content (AvgIpc) is 2.70. The number of nitrogens with two attached hydrogens (primary N) is 1. The molecule has 0 fully saturated rings. The molecule has 2 N–H and O–H groups in total. The lowest BCUT2D eigenvalue weighted by molar-refractivity contribution is 0.599. The monoisotopic (exact) mass is 250 g/mol. The first-order chi connectivity index (χ1) is 8.15. The van der Waals surface area contributed by atoms with E-state index in [-0.39, 0.29) is 6.04 Å². The van der Waals surface area contributed by atoms with Gasteiger partial charge in [0, 0.05) is 18.4 Å². The third-order valence-electron chi connectivity index (χ3n) is 2.81. The molecule has 2 rings (SSSR count). The molecule has 0 aliphatic heterocycles. The summed E-state index contributed by atoms with van der Waals surface area (Å²) in [6.45, 7) is 4.69. The van der Waals surface area contributed by atoms with E-state index in [0.29, 0.717) is 5.02 Å². The van der Waals surface area contributed by atoms with E-state index in [4.69, 9.17) is 17.3 Å². The Morgan fingerprint density at radius 2 is 2.29 bits per heavy atom. The minimum atomic E-state index is -0.293. The van der Waals surface area contributed by atoms with Crippen molar-refractivity contribution in [2.75, 3.05) is 0 Å². The van der Waals surface area contributed by atoms with Gasteiger partial charge in [0.2, 0.25) is 0 Å². The molecule has 17 heavy (non-hydrogen) atoms. The first-order valence-electron chi connectivity index (χ1n) is 5.53. The lowest BCUT2D eigenvalue weighted by atomic mass is 10.0. The maximum absolute atomic E-state index is 6.25. The summed E-state index contributed by atoms with van der Waals surface area (Å²) in [7, 11) is 0. The van der Waals surface area contributed by atoms with E-state index in [2.05, 4.69) is 10.1 Å². The SMILES string of the molecule is CCn1ncc(Cl)c1C(N)c1cccnc1C. The quantitative estimate of drug-likeness (QED) is 0.910. The van der Waals surface area contributed by atoms with Gasteiger partial charge in [0.05, 0.1) is 23.0 Å². The zero-order valence-electron chi connectivity index (χ0n) is 9.89. The van der Waals surface area contributed by atoms with Gasteiger partial charge in [-0.1, -0.05) is 17.7 Å². The van der Waals surface area contributed by atoms with Crippen molar-refractivity contribution in [3.8, 4) is 0 Å². The van der Waals surface area contributed by atoms with Crippen LogP contribution in [0.5, 0.6) is 0 Å². The Morgan fingerprint density at radius 1 is 1.53 bits per heavy atom. The Morgan fingerprint density at radius 3 is 2.94 bits per heavy atom. The third kappa shape index (κ3) is 2.18. The molecule has 90 valence electrons. The maximum Gasteiger partial charge on any atom is 0.0837 e. The largest absolute Gasteiger partial charge is 0.319 e. The van der Waals surface area contributed by atoms with Crippen molar-refractivity contribution in [3.63, 3.8) is 0 Å². The molecule has 0 aliphatic rings. The van der Waals surface area contributed by atoms with Crippen molar-refractivity contribution < 1.29 is 0 Å². The van der Waals surface area contributed by atoms with Gasteiger partial charge in [-0.2, -0.15) is 5.10 Å². The van der Waals surface area contributed by atoms with E-state index < -0.39 is 0 Å². The molecule has 5 heteroatoms. The van der Waals surface area contributed by atoms with Crippen LogP contribution in [0.15, 0.2) is 24.5 Å². The Labute approximate surface area is 105 Å². The van der Waals surface area contributed by atoms with Crippen LogP contribution < -0.4 is 5.73 Å². The molecule has 0 radical (unpaired) electrons. The van der Waals surface area contributed by atoms with Gasteiger partial charge in [0.1, 0.15) is 0 Å². The lowest BCUT2D eigenvalue weighted by Gasteiger charge is -2.16.